The normalized spacial score (nSPS) is 14.4. The molecule has 2 atom stereocenters. The van der Waals surface area contributed by atoms with Gasteiger partial charge in [-0.2, -0.15) is 0 Å². The van der Waals surface area contributed by atoms with E-state index < -0.39 is 0 Å². The minimum absolute atomic E-state index is 0.0732. The Kier molecular flexibility index (Phi) is 10.2. The number of amides is 1. The van der Waals surface area contributed by atoms with Gasteiger partial charge < -0.3 is 10.6 Å². The summed E-state index contributed by atoms with van der Waals surface area (Å²) in [6.07, 6.45) is 7.12. The predicted molar refractivity (Wildman–Crippen MR) is 74.1 cm³/mol. The summed E-state index contributed by atoms with van der Waals surface area (Å²) in [5.41, 5.74) is 0. The van der Waals surface area contributed by atoms with Crippen LogP contribution in [0.5, 0.6) is 0 Å². The van der Waals surface area contributed by atoms with Crippen LogP contribution in [0, 0.1) is 0 Å². The van der Waals surface area contributed by atoms with Crippen molar-refractivity contribution >= 4 is 5.91 Å². The molecular formula is C14H30N2O. The van der Waals surface area contributed by atoms with Crippen molar-refractivity contribution in [2.45, 2.75) is 78.3 Å². The van der Waals surface area contributed by atoms with Crippen LogP contribution in [-0.2, 0) is 4.79 Å². The van der Waals surface area contributed by atoms with Crippen molar-refractivity contribution in [2.24, 2.45) is 0 Å². The minimum Gasteiger partial charge on any atom is -0.352 e. The molecule has 0 saturated heterocycles. The van der Waals surface area contributed by atoms with Crippen LogP contribution in [0.3, 0.4) is 0 Å². The van der Waals surface area contributed by atoms with Crippen LogP contribution in [0.4, 0.5) is 0 Å². The summed E-state index contributed by atoms with van der Waals surface area (Å²) in [6.45, 7) is 9.29. The Labute approximate surface area is 107 Å². The van der Waals surface area contributed by atoms with Gasteiger partial charge in [0.25, 0.3) is 0 Å². The lowest BCUT2D eigenvalue weighted by Gasteiger charge is -2.18. The highest BCUT2D eigenvalue weighted by molar-refractivity contribution is 5.81. The van der Waals surface area contributed by atoms with Gasteiger partial charge in [-0.05, 0) is 33.2 Å². The first-order valence-corrected chi connectivity index (χ1v) is 7.15. The van der Waals surface area contributed by atoms with Gasteiger partial charge in [-0.1, -0.05) is 39.5 Å². The second kappa shape index (κ2) is 10.6. The van der Waals surface area contributed by atoms with E-state index in [1.165, 1.54) is 19.3 Å². The van der Waals surface area contributed by atoms with Gasteiger partial charge in [0.2, 0.25) is 5.91 Å². The molecule has 0 aliphatic heterocycles. The number of carbonyl (C=O) groups is 1. The zero-order valence-corrected chi connectivity index (χ0v) is 12.0. The van der Waals surface area contributed by atoms with Crippen LogP contribution in [0.2, 0.25) is 0 Å². The number of unbranched alkanes of at least 4 members (excludes halogenated alkanes) is 3. The summed E-state index contributed by atoms with van der Waals surface area (Å²) < 4.78 is 0. The topological polar surface area (TPSA) is 41.1 Å². The molecule has 0 heterocycles. The van der Waals surface area contributed by atoms with Gasteiger partial charge in [0.1, 0.15) is 0 Å². The Morgan fingerprint density at radius 3 is 2.35 bits per heavy atom. The molecule has 0 aliphatic rings. The Hall–Kier alpha value is -0.570. The number of rotatable bonds is 10. The Morgan fingerprint density at radius 1 is 1.06 bits per heavy atom. The maximum absolute atomic E-state index is 11.8. The average molecular weight is 242 g/mol. The molecule has 102 valence electrons. The van der Waals surface area contributed by atoms with Crippen molar-refractivity contribution in [1.29, 1.82) is 0 Å². The van der Waals surface area contributed by atoms with Crippen molar-refractivity contribution in [2.75, 3.05) is 6.54 Å². The van der Waals surface area contributed by atoms with Crippen LogP contribution in [-0.4, -0.2) is 24.5 Å². The minimum atomic E-state index is -0.0732. The number of nitrogens with one attached hydrogen (secondary N) is 2. The summed E-state index contributed by atoms with van der Waals surface area (Å²) in [5.74, 6) is 0.126. The molecule has 0 fully saturated rings. The van der Waals surface area contributed by atoms with Gasteiger partial charge in [0, 0.05) is 6.04 Å². The highest BCUT2D eigenvalue weighted by atomic mass is 16.2. The van der Waals surface area contributed by atoms with Crippen LogP contribution in [0.25, 0.3) is 0 Å². The zero-order chi connectivity index (χ0) is 13.1. The summed E-state index contributed by atoms with van der Waals surface area (Å²) >= 11 is 0. The Morgan fingerprint density at radius 2 is 1.76 bits per heavy atom. The van der Waals surface area contributed by atoms with Crippen molar-refractivity contribution in [3.8, 4) is 0 Å². The molecule has 0 bridgehead atoms. The molecule has 0 rings (SSSR count). The van der Waals surface area contributed by atoms with E-state index >= 15 is 0 Å². The molecule has 0 spiro atoms. The molecule has 17 heavy (non-hydrogen) atoms. The Bertz CT molecular complexity index is 195. The summed E-state index contributed by atoms with van der Waals surface area (Å²) in [6, 6.07) is 0.216. The number of hydrogen-bond donors (Lipinski definition) is 2. The van der Waals surface area contributed by atoms with Crippen LogP contribution < -0.4 is 10.6 Å². The molecule has 2 unspecified atom stereocenters. The van der Waals surface area contributed by atoms with E-state index in [9.17, 15) is 4.79 Å². The van der Waals surface area contributed by atoms with Gasteiger partial charge in [-0.15, -0.1) is 0 Å². The van der Waals surface area contributed by atoms with Crippen molar-refractivity contribution in [3.63, 3.8) is 0 Å². The van der Waals surface area contributed by atoms with E-state index in [4.69, 9.17) is 0 Å². The van der Waals surface area contributed by atoms with E-state index in [2.05, 4.69) is 31.4 Å². The molecule has 0 saturated carbocycles. The van der Waals surface area contributed by atoms with Gasteiger partial charge in [-0.3, -0.25) is 4.79 Å². The quantitative estimate of drug-likeness (QED) is 0.578. The van der Waals surface area contributed by atoms with Crippen molar-refractivity contribution in [3.05, 3.63) is 0 Å². The molecule has 0 radical (unpaired) electrons. The fourth-order valence-corrected chi connectivity index (χ4v) is 1.84. The van der Waals surface area contributed by atoms with E-state index in [1.54, 1.807) is 0 Å². The molecule has 3 nitrogen and oxygen atoms in total. The van der Waals surface area contributed by atoms with E-state index in [-0.39, 0.29) is 18.0 Å². The summed E-state index contributed by atoms with van der Waals surface area (Å²) in [5, 5.41) is 6.31. The zero-order valence-electron chi connectivity index (χ0n) is 12.0. The van der Waals surface area contributed by atoms with E-state index in [1.807, 2.05) is 6.92 Å². The third-order valence-corrected chi connectivity index (χ3v) is 2.98. The van der Waals surface area contributed by atoms with E-state index in [0.717, 1.165) is 25.8 Å². The Balaban J connectivity index is 3.60. The maximum Gasteiger partial charge on any atom is 0.237 e. The standard InChI is InChI=1S/C14H30N2O/c1-5-7-8-9-11-15-13(4)14(17)16-12(3)10-6-2/h12-13,15H,5-11H2,1-4H3,(H,16,17). The molecule has 1 amide bonds. The highest BCUT2D eigenvalue weighted by Gasteiger charge is 2.13. The van der Waals surface area contributed by atoms with Crippen molar-refractivity contribution in [1.82, 2.24) is 10.6 Å². The fourth-order valence-electron chi connectivity index (χ4n) is 1.84. The van der Waals surface area contributed by atoms with Crippen molar-refractivity contribution < 1.29 is 4.79 Å². The molecule has 0 aromatic heterocycles. The monoisotopic (exact) mass is 242 g/mol. The van der Waals surface area contributed by atoms with Gasteiger partial charge in [-0.25, -0.2) is 0 Å². The van der Waals surface area contributed by atoms with E-state index in [0.29, 0.717) is 0 Å². The van der Waals surface area contributed by atoms with Gasteiger partial charge >= 0.3 is 0 Å². The lowest BCUT2D eigenvalue weighted by Crippen LogP contribution is -2.45. The number of carbonyl (C=O) groups excluding carboxylic acids is 1. The first-order chi connectivity index (χ1) is 8.11. The molecule has 0 aromatic carbocycles. The second-order valence-electron chi connectivity index (χ2n) is 4.93. The first-order valence-electron chi connectivity index (χ1n) is 7.15. The SMILES string of the molecule is CCCCCCNC(C)C(=O)NC(C)CCC. The maximum atomic E-state index is 11.8. The van der Waals surface area contributed by atoms with Crippen LogP contribution in [0.1, 0.15) is 66.2 Å². The van der Waals surface area contributed by atoms with Gasteiger partial charge in [0.05, 0.1) is 6.04 Å². The fraction of sp³-hybridized carbons (Fsp3) is 0.929. The number of hydrogen-bond acceptors (Lipinski definition) is 2. The predicted octanol–water partition coefficient (Wildman–Crippen LogP) is 2.85. The molecule has 0 aromatic rings. The molecular weight excluding hydrogens is 212 g/mol. The highest BCUT2D eigenvalue weighted by Crippen LogP contribution is 1.98. The van der Waals surface area contributed by atoms with Crippen LogP contribution in [0.15, 0.2) is 0 Å². The third kappa shape index (κ3) is 9.16. The summed E-state index contributed by atoms with van der Waals surface area (Å²) in [7, 11) is 0. The summed E-state index contributed by atoms with van der Waals surface area (Å²) in [4.78, 5) is 11.8. The first kappa shape index (κ1) is 16.4. The molecule has 3 heteroatoms. The second-order valence-corrected chi connectivity index (χ2v) is 4.93. The lowest BCUT2D eigenvalue weighted by molar-refractivity contribution is -0.123. The largest absolute Gasteiger partial charge is 0.352 e. The van der Waals surface area contributed by atoms with Gasteiger partial charge in [0.15, 0.2) is 0 Å². The average Bonchev–Trinajstić information content (AvgIpc) is 2.28. The molecule has 0 aliphatic carbocycles. The van der Waals surface area contributed by atoms with Crippen LogP contribution >= 0.6 is 0 Å². The third-order valence-electron chi connectivity index (χ3n) is 2.98. The lowest BCUT2D eigenvalue weighted by atomic mass is 10.1. The smallest absolute Gasteiger partial charge is 0.237 e. The molecule has 2 N–H and O–H groups in total.